The van der Waals surface area contributed by atoms with Gasteiger partial charge in [0.15, 0.2) is 0 Å². The molecule has 0 radical (unpaired) electrons. The number of nitrogens with one attached hydrogen (secondary N) is 1. The van der Waals surface area contributed by atoms with Crippen LogP contribution in [0.5, 0.6) is 0 Å². The van der Waals surface area contributed by atoms with E-state index in [0.717, 1.165) is 55.2 Å². The number of benzene rings is 1. The molecule has 0 bridgehead atoms. The summed E-state index contributed by atoms with van der Waals surface area (Å²) >= 11 is 1.68. The van der Waals surface area contributed by atoms with Gasteiger partial charge in [-0.05, 0) is 43.0 Å². The standard InChI is InChI=1S/C22H27N3O2S/c1-17-3-5-18(6-4-17)16-25-19-7-14-28-21(19)15-20(25)22(26)23-8-2-9-24-10-12-27-13-11-24/h3-7,14-15H,2,8-13,16H2,1H3,(H,23,26). The van der Waals surface area contributed by atoms with Crippen molar-refractivity contribution in [3.8, 4) is 0 Å². The van der Waals surface area contributed by atoms with Gasteiger partial charge in [-0.2, -0.15) is 0 Å². The Bertz CT molecular complexity index is 923. The molecule has 0 aliphatic carbocycles. The van der Waals surface area contributed by atoms with E-state index in [-0.39, 0.29) is 5.91 Å². The molecule has 0 spiro atoms. The number of hydrogen-bond donors (Lipinski definition) is 1. The Kier molecular flexibility index (Phi) is 6.10. The van der Waals surface area contributed by atoms with Crippen molar-refractivity contribution in [2.45, 2.75) is 19.9 Å². The highest BCUT2D eigenvalue weighted by Crippen LogP contribution is 2.26. The second-order valence-electron chi connectivity index (χ2n) is 7.33. The first-order chi connectivity index (χ1) is 13.7. The molecule has 3 heterocycles. The number of aromatic nitrogens is 1. The van der Waals surface area contributed by atoms with Crippen LogP contribution in [0.25, 0.3) is 10.2 Å². The summed E-state index contributed by atoms with van der Waals surface area (Å²) in [5.41, 5.74) is 4.32. The third kappa shape index (κ3) is 4.46. The summed E-state index contributed by atoms with van der Waals surface area (Å²) in [6.45, 7) is 8.10. The third-order valence-electron chi connectivity index (χ3n) is 5.26. The monoisotopic (exact) mass is 397 g/mol. The van der Waals surface area contributed by atoms with Gasteiger partial charge in [0.1, 0.15) is 5.69 Å². The quantitative estimate of drug-likeness (QED) is 0.621. The summed E-state index contributed by atoms with van der Waals surface area (Å²) in [4.78, 5) is 15.3. The Morgan fingerprint density at radius 2 is 1.96 bits per heavy atom. The van der Waals surface area contributed by atoms with Crippen molar-refractivity contribution in [2.75, 3.05) is 39.4 Å². The van der Waals surface area contributed by atoms with E-state index in [2.05, 4.69) is 57.4 Å². The van der Waals surface area contributed by atoms with E-state index in [1.165, 1.54) is 11.1 Å². The minimum Gasteiger partial charge on any atom is -0.379 e. The molecule has 1 N–H and O–H groups in total. The van der Waals surface area contributed by atoms with Crippen molar-refractivity contribution in [2.24, 2.45) is 0 Å². The number of aryl methyl sites for hydroxylation is 1. The fourth-order valence-electron chi connectivity index (χ4n) is 3.63. The lowest BCUT2D eigenvalue weighted by Gasteiger charge is -2.26. The molecule has 3 aromatic rings. The van der Waals surface area contributed by atoms with Crippen LogP contribution in [0.15, 0.2) is 41.8 Å². The first-order valence-electron chi connectivity index (χ1n) is 9.91. The van der Waals surface area contributed by atoms with E-state index in [9.17, 15) is 4.79 Å². The van der Waals surface area contributed by atoms with Crippen LogP contribution in [-0.2, 0) is 11.3 Å². The van der Waals surface area contributed by atoms with Crippen LogP contribution in [0.4, 0.5) is 0 Å². The van der Waals surface area contributed by atoms with Gasteiger partial charge in [-0.15, -0.1) is 11.3 Å². The Balaban J connectivity index is 1.41. The van der Waals surface area contributed by atoms with Gasteiger partial charge >= 0.3 is 0 Å². The molecule has 4 rings (SSSR count). The summed E-state index contributed by atoms with van der Waals surface area (Å²) in [6, 6.07) is 12.6. The third-order valence-corrected chi connectivity index (χ3v) is 6.11. The van der Waals surface area contributed by atoms with Gasteiger partial charge in [-0.3, -0.25) is 9.69 Å². The second-order valence-corrected chi connectivity index (χ2v) is 8.28. The van der Waals surface area contributed by atoms with E-state index in [0.29, 0.717) is 13.1 Å². The van der Waals surface area contributed by atoms with Crippen LogP contribution in [-0.4, -0.2) is 54.8 Å². The lowest BCUT2D eigenvalue weighted by molar-refractivity contribution is 0.0374. The van der Waals surface area contributed by atoms with E-state index in [4.69, 9.17) is 4.74 Å². The highest BCUT2D eigenvalue weighted by molar-refractivity contribution is 7.17. The Labute approximate surface area is 169 Å². The maximum Gasteiger partial charge on any atom is 0.267 e. The zero-order valence-corrected chi connectivity index (χ0v) is 17.1. The van der Waals surface area contributed by atoms with Crippen molar-refractivity contribution < 1.29 is 9.53 Å². The molecule has 1 aromatic carbocycles. The topological polar surface area (TPSA) is 46.5 Å². The molecule has 1 aliphatic heterocycles. The first kappa shape index (κ1) is 19.2. The number of thiophene rings is 1. The number of nitrogens with zero attached hydrogens (tertiary/aromatic N) is 2. The number of carbonyl (C=O) groups is 1. The second kappa shape index (κ2) is 8.90. The summed E-state index contributed by atoms with van der Waals surface area (Å²) < 4.78 is 8.67. The Morgan fingerprint density at radius 3 is 2.75 bits per heavy atom. The molecule has 28 heavy (non-hydrogen) atoms. The number of rotatable bonds is 7. The van der Waals surface area contributed by atoms with Crippen LogP contribution in [0.2, 0.25) is 0 Å². The minimum atomic E-state index is 0.0116. The van der Waals surface area contributed by atoms with Gasteiger partial charge in [-0.1, -0.05) is 29.8 Å². The molecule has 1 fully saturated rings. The summed E-state index contributed by atoms with van der Waals surface area (Å²) in [7, 11) is 0. The summed E-state index contributed by atoms with van der Waals surface area (Å²) in [6.07, 6.45) is 0.957. The van der Waals surface area contributed by atoms with Gasteiger partial charge in [0.25, 0.3) is 5.91 Å². The molecule has 5 nitrogen and oxygen atoms in total. The highest BCUT2D eigenvalue weighted by Gasteiger charge is 2.17. The van der Waals surface area contributed by atoms with Crippen molar-refractivity contribution >= 4 is 27.5 Å². The zero-order chi connectivity index (χ0) is 19.3. The van der Waals surface area contributed by atoms with Gasteiger partial charge in [0.2, 0.25) is 0 Å². The average molecular weight is 398 g/mol. The number of morpholine rings is 1. The largest absolute Gasteiger partial charge is 0.379 e. The number of carbonyl (C=O) groups excluding carboxylic acids is 1. The number of hydrogen-bond acceptors (Lipinski definition) is 4. The van der Waals surface area contributed by atoms with Crippen LogP contribution < -0.4 is 5.32 Å². The molecular formula is C22H27N3O2S. The van der Waals surface area contributed by atoms with Crippen molar-refractivity contribution in [3.63, 3.8) is 0 Å². The number of amides is 1. The molecule has 1 amide bonds. The highest BCUT2D eigenvalue weighted by atomic mass is 32.1. The molecule has 148 valence electrons. The normalized spacial score (nSPS) is 15.2. The van der Waals surface area contributed by atoms with Crippen molar-refractivity contribution in [1.82, 2.24) is 14.8 Å². The first-order valence-corrected chi connectivity index (χ1v) is 10.8. The Hall–Kier alpha value is -2.15. The fraction of sp³-hybridized carbons (Fsp3) is 0.409. The molecule has 0 unspecified atom stereocenters. The summed E-state index contributed by atoms with van der Waals surface area (Å²) in [5, 5.41) is 5.20. The van der Waals surface area contributed by atoms with Crippen LogP contribution in [0, 0.1) is 6.92 Å². The van der Waals surface area contributed by atoms with Crippen molar-refractivity contribution in [1.29, 1.82) is 0 Å². The maximum atomic E-state index is 12.9. The molecule has 2 aromatic heterocycles. The minimum absolute atomic E-state index is 0.0116. The number of fused-ring (bicyclic) bond motifs is 1. The van der Waals surface area contributed by atoms with Gasteiger partial charge < -0.3 is 14.6 Å². The van der Waals surface area contributed by atoms with E-state index in [1.807, 2.05) is 6.07 Å². The maximum absolute atomic E-state index is 12.9. The predicted molar refractivity (Wildman–Crippen MR) is 114 cm³/mol. The average Bonchev–Trinajstić information content (AvgIpc) is 3.30. The lowest BCUT2D eigenvalue weighted by atomic mass is 10.1. The smallest absolute Gasteiger partial charge is 0.267 e. The van der Waals surface area contributed by atoms with Gasteiger partial charge in [0.05, 0.1) is 23.4 Å². The van der Waals surface area contributed by atoms with Crippen LogP contribution in [0.3, 0.4) is 0 Å². The van der Waals surface area contributed by atoms with E-state index < -0.39 is 0 Å². The van der Waals surface area contributed by atoms with Crippen molar-refractivity contribution in [3.05, 3.63) is 58.6 Å². The van der Waals surface area contributed by atoms with E-state index >= 15 is 0 Å². The molecule has 1 saturated heterocycles. The Morgan fingerprint density at radius 1 is 1.18 bits per heavy atom. The zero-order valence-electron chi connectivity index (χ0n) is 16.3. The van der Waals surface area contributed by atoms with Gasteiger partial charge in [0, 0.05) is 26.2 Å². The summed E-state index contributed by atoms with van der Waals surface area (Å²) in [5.74, 6) is 0.0116. The number of ether oxygens (including phenoxy) is 1. The molecule has 0 atom stereocenters. The lowest BCUT2D eigenvalue weighted by Crippen LogP contribution is -2.38. The SMILES string of the molecule is Cc1ccc(Cn2c(C(=O)NCCCN3CCOCC3)cc3sccc32)cc1. The molecule has 1 aliphatic rings. The van der Waals surface area contributed by atoms with Gasteiger partial charge in [-0.25, -0.2) is 0 Å². The molecular weight excluding hydrogens is 370 g/mol. The fourth-order valence-corrected chi connectivity index (χ4v) is 4.45. The molecule has 0 saturated carbocycles. The van der Waals surface area contributed by atoms with E-state index in [1.54, 1.807) is 11.3 Å². The molecule has 6 heteroatoms. The predicted octanol–water partition coefficient (Wildman–Crippen LogP) is 3.51. The van der Waals surface area contributed by atoms with Crippen LogP contribution >= 0.6 is 11.3 Å². The van der Waals surface area contributed by atoms with Crippen LogP contribution in [0.1, 0.15) is 28.0 Å².